The highest BCUT2D eigenvalue weighted by Crippen LogP contribution is 2.24. The van der Waals surface area contributed by atoms with Gasteiger partial charge in [-0.3, -0.25) is 9.79 Å². The molecule has 0 aromatic carbocycles. The molecule has 140 valence electrons. The van der Waals surface area contributed by atoms with E-state index in [0.29, 0.717) is 11.8 Å². The summed E-state index contributed by atoms with van der Waals surface area (Å²) in [7, 11) is 1.80. The molecule has 1 fully saturated rings. The third-order valence-corrected chi connectivity index (χ3v) is 7.06. The van der Waals surface area contributed by atoms with Gasteiger partial charge in [-0.1, -0.05) is 6.92 Å². The zero-order valence-corrected chi connectivity index (χ0v) is 18.8. The van der Waals surface area contributed by atoms with E-state index in [1.807, 2.05) is 16.7 Å². The molecule has 0 spiro atoms. The number of hydrogen-bond acceptors (Lipinski definition) is 4. The van der Waals surface area contributed by atoms with Gasteiger partial charge in [0.2, 0.25) is 5.91 Å². The van der Waals surface area contributed by atoms with Gasteiger partial charge in [0, 0.05) is 49.1 Å². The van der Waals surface area contributed by atoms with Gasteiger partial charge in [0.25, 0.3) is 0 Å². The Balaban J connectivity index is 0.00000225. The largest absolute Gasteiger partial charge is 0.347 e. The van der Waals surface area contributed by atoms with E-state index < -0.39 is 0 Å². The topological polar surface area (TPSA) is 47.9 Å². The van der Waals surface area contributed by atoms with Crippen LogP contribution in [-0.4, -0.2) is 65.9 Å². The normalized spacial score (nSPS) is 20.7. The Kier molecular flexibility index (Phi) is 8.34. The van der Waals surface area contributed by atoms with Crippen LogP contribution in [0, 0.1) is 0 Å². The van der Waals surface area contributed by atoms with Crippen LogP contribution in [0.3, 0.4) is 0 Å². The lowest BCUT2D eigenvalue weighted by Gasteiger charge is -2.34. The number of carbonyl (C=O) groups is 1. The van der Waals surface area contributed by atoms with Crippen molar-refractivity contribution in [3.05, 3.63) is 21.9 Å². The second kappa shape index (κ2) is 10.0. The molecule has 0 bridgehead atoms. The van der Waals surface area contributed by atoms with Gasteiger partial charge in [0.05, 0.1) is 6.54 Å². The van der Waals surface area contributed by atoms with Crippen LogP contribution >= 0.6 is 47.1 Å². The van der Waals surface area contributed by atoms with E-state index in [-0.39, 0.29) is 29.9 Å². The van der Waals surface area contributed by atoms with E-state index in [0.717, 1.165) is 44.3 Å². The predicted molar refractivity (Wildman–Crippen MR) is 118 cm³/mol. The van der Waals surface area contributed by atoms with E-state index >= 15 is 0 Å². The number of halogens is 1. The van der Waals surface area contributed by atoms with Crippen molar-refractivity contribution in [3.8, 4) is 0 Å². The van der Waals surface area contributed by atoms with E-state index in [1.54, 1.807) is 18.4 Å². The summed E-state index contributed by atoms with van der Waals surface area (Å²) in [5, 5.41) is 6.06. The third-order valence-electron chi connectivity index (χ3n) is 4.66. The first-order valence-electron chi connectivity index (χ1n) is 8.61. The number of carbonyl (C=O) groups excluding carboxylic acids is 1. The Morgan fingerprint density at radius 3 is 3.00 bits per heavy atom. The maximum Gasteiger partial charge on any atom is 0.242 e. The van der Waals surface area contributed by atoms with Crippen molar-refractivity contribution in [3.63, 3.8) is 0 Å². The molecule has 1 unspecified atom stereocenters. The van der Waals surface area contributed by atoms with Gasteiger partial charge in [-0.2, -0.15) is 11.8 Å². The van der Waals surface area contributed by atoms with Crippen molar-refractivity contribution in [1.29, 1.82) is 0 Å². The first-order valence-corrected chi connectivity index (χ1v) is 10.5. The maximum absolute atomic E-state index is 12.5. The van der Waals surface area contributed by atoms with Crippen molar-refractivity contribution in [2.24, 2.45) is 4.99 Å². The minimum absolute atomic E-state index is 0. The first kappa shape index (κ1) is 20.8. The Morgan fingerprint density at radius 1 is 1.40 bits per heavy atom. The number of fused-ring (bicyclic) bond motifs is 1. The van der Waals surface area contributed by atoms with Crippen molar-refractivity contribution in [2.75, 3.05) is 39.0 Å². The quantitative estimate of drug-likeness (QED) is 0.399. The van der Waals surface area contributed by atoms with E-state index in [9.17, 15) is 4.79 Å². The van der Waals surface area contributed by atoms with Crippen LogP contribution in [0.2, 0.25) is 0 Å². The Morgan fingerprint density at radius 2 is 2.24 bits per heavy atom. The van der Waals surface area contributed by atoms with Gasteiger partial charge >= 0.3 is 0 Å². The standard InChI is InChI=1S/C17H26N4OS2.HI/c1-3-14-12-21(7-9-23-14)17(18-2)19-10-16(22)20-6-4-15-13(11-20)5-8-24-15;/h5,8,14H,3-4,6-7,9-12H2,1-2H3,(H,18,19);1H. The molecule has 2 aliphatic rings. The van der Waals surface area contributed by atoms with E-state index in [4.69, 9.17) is 0 Å². The van der Waals surface area contributed by atoms with Crippen molar-refractivity contribution in [1.82, 2.24) is 15.1 Å². The van der Waals surface area contributed by atoms with Crippen LogP contribution in [0.25, 0.3) is 0 Å². The highest BCUT2D eigenvalue weighted by Gasteiger charge is 2.24. The lowest BCUT2D eigenvalue weighted by molar-refractivity contribution is -0.130. The second-order valence-corrected chi connectivity index (χ2v) is 8.59. The van der Waals surface area contributed by atoms with Gasteiger partial charge in [-0.05, 0) is 29.9 Å². The van der Waals surface area contributed by atoms with Gasteiger partial charge in [-0.15, -0.1) is 35.3 Å². The zero-order valence-electron chi connectivity index (χ0n) is 14.9. The number of nitrogens with one attached hydrogen (secondary N) is 1. The van der Waals surface area contributed by atoms with Gasteiger partial charge in [-0.25, -0.2) is 0 Å². The summed E-state index contributed by atoms with van der Waals surface area (Å²) in [6.07, 6.45) is 2.16. The van der Waals surface area contributed by atoms with Crippen LogP contribution in [0.1, 0.15) is 23.8 Å². The summed E-state index contributed by atoms with van der Waals surface area (Å²) >= 11 is 3.84. The number of amides is 1. The summed E-state index contributed by atoms with van der Waals surface area (Å²) in [5.41, 5.74) is 1.31. The summed E-state index contributed by atoms with van der Waals surface area (Å²) in [6, 6.07) is 2.14. The molecule has 0 saturated carbocycles. The molecule has 1 amide bonds. The average molecular weight is 494 g/mol. The SMILES string of the molecule is CCC1CN(C(=NC)NCC(=O)N2CCc3sccc3C2)CCS1.I. The number of guanidine groups is 1. The summed E-state index contributed by atoms with van der Waals surface area (Å²) < 4.78 is 0. The van der Waals surface area contributed by atoms with Crippen molar-refractivity contribution < 1.29 is 4.79 Å². The highest BCUT2D eigenvalue weighted by molar-refractivity contribution is 14.0. The fourth-order valence-corrected chi connectivity index (χ4v) is 5.29. The van der Waals surface area contributed by atoms with Crippen LogP contribution < -0.4 is 5.32 Å². The Bertz CT molecular complexity index is 607. The smallest absolute Gasteiger partial charge is 0.242 e. The lowest BCUT2D eigenvalue weighted by Crippen LogP contribution is -2.50. The van der Waals surface area contributed by atoms with Crippen LogP contribution in [0.4, 0.5) is 0 Å². The summed E-state index contributed by atoms with van der Waals surface area (Å²) in [5.74, 6) is 2.14. The highest BCUT2D eigenvalue weighted by atomic mass is 127. The Hall–Kier alpha value is -0.480. The number of thioether (sulfide) groups is 1. The maximum atomic E-state index is 12.5. The molecule has 1 aromatic rings. The molecular formula is C17H27IN4OS2. The number of aliphatic imine (C=N–C) groups is 1. The van der Waals surface area contributed by atoms with Crippen molar-refractivity contribution in [2.45, 2.75) is 31.6 Å². The molecular weight excluding hydrogens is 467 g/mol. The molecule has 3 rings (SSSR count). The molecule has 1 saturated heterocycles. The molecule has 25 heavy (non-hydrogen) atoms. The van der Waals surface area contributed by atoms with Gasteiger partial charge < -0.3 is 15.1 Å². The van der Waals surface area contributed by atoms with Crippen LogP contribution in [-0.2, 0) is 17.8 Å². The van der Waals surface area contributed by atoms with E-state index in [1.165, 1.54) is 16.9 Å². The fraction of sp³-hybridized carbons (Fsp3) is 0.647. The fourth-order valence-electron chi connectivity index (χ4n) is 3.22. The molecule has 3 heterocycles. The molecule has 8 heteroatoms. The minimum atomic E-state index is 0. The molecule has 0 radical (unpaired) electrons. The predicted octanol–water partition coefficient (Wildman–Crippen LogP) is 2.65. The number of hydrogen-bond donors (Lipinski definition) is 1. The van der Waals surface area contributed by atoms with Crippen molar-refractivity contribution >= 4 is 58.9 Å². The molecule has 1 N–H and O–H groups in total. The second-order valence-electron chi connectivity index (χ2n) is 6.18. The number of thiophene rings is 1. The molecule has 2 aliphatic heterocycles. The first-order chi connectivity index (χ1) is 11.7. The van der Waals surface area contributed by atoms with E-state index in [2.05, 4.69) is 33.6 Å². The monoisotopic (exact) mass is 494 g/mol. The molecule has 1 aromatic heterocycles. The van der Waals surface area contributed by atoms with Crippen LogP contribution in [0.15, 0.2) is 16.4 Å². The number of rotatable bonds is 3. The molecule has 1 atom stereocenters. The Labute approximate surface area is 175 Å². The summed E-state index contributed by atoms with van der Waals surface area (Å²) in [4.78, 5) is 22.6. The summed E-state index contributed by atoms with van der Waals surface area (Å²) in [6.45, 7) is 6.14. The van der Waals surface area contributed by atoms with Gasteiger partial charge in [0.15, 0.2) is 5.96 Å². The zero-order chi connectivity index (χ0) is 16.9. The molecule has 0 aliphatic carbocycles. The number of nitrogens with zero attached hydrogens (tertiary/aromatic N) is 3. The lowest BCUT2D eigenvalue weighted by atomic mass is 10.1. The van der Waals surface area contributed by atoms with Gasteiger partial charge in [0.1, 0.15) is 0 Å². The molecule has 5 nitrogen and oxygen atoms in total. The minimum Gasteiger partial charge on any atom is -0.347 e. The van der Waals surface area contributed by atoms with Crippen LogP contribution in [0.5, 0.6) is 0 Å². The average Bonchev–Trinajstić information content (AvgIpc) is 3.10. The third kappa shape index (κ3) is 5.26.